The predicted molar refractivity (Wildman–Crippen MR) is 102 cm³/mol. The maximum Gasteiger partial charge on any atom is 0.418 e. The zero-order chi connectivity index (χ0) is 20.3. The summed E-state index contributed by atoms with van der Waals surface area (Å²) in [6.45, 7) is 1.96. The Balaban J connectivity index is 1.82. The van der Waals surface area contributed by atoms with Crippen LogP contribution in [0.2, 0.25) is 0 Å². The van der Waals surface area contributed by atoms with Crippen molar-refractivity contribution in [1.29, 1.82) is 0 Å². The van der Waals surface area contributed by atoms with Crippen LogP contribution in [0.3, 0.4) is 0 Å². The zero-order valence-corrected chi connectivity index (χ0v) is 15.5. The molecule has 3 N–H and O–H groups in total. The third kappa shape index (κ3) is 4.45. The second-order valence-electron chi connectivity index (χ2n) is 5.95. The normalized spacial score (nSPS) is 11.4. The molecule has 1 heterocycles. The first kappa shape index (κ1) is 19.7. The van der Waals surface area contributed by atoms with Crippen LogP contribution >= 0.6 is 11.8 Å². The molecule has 0 aliphatic heterocycles. The molecule has 0 amide bonds. The van der Waals surface area contributed by atoms with Gasteiger partial charge in [-0.25, -0.2) is 0 Å². The van der Waals surface area contributed by atoms with Crippen LogP contribution in [-0.4, -0.2) is 14.9 Å². The van der Waals surface area contributed by atoms with Gasteiger partial charge in [0.25, 0.3) is 0 Å². The molecule has 0 saturated carbocycles. The van der Waals surface area contributed by atoms with Crippen molar-refractivity contribution in [3.8, 4) is 0 Å². The summed E-state index contributed by atoms with van der Waals surface area (Å²) in [5, 5.41) is 10.1. The molecule has 0 aliphatic rings. The number of nitrogen functional groups attached to an aromatic ring is 1. The number of alkyl halides is 3. The summed E-state index contributed by atoms with van der Waals surface area (Å²) in [6, 6.07) is 12.6. The van der Waals surface area contributed by atoms with Crippen molar-refractivity contribution < 1.29 is 13.2 Å². The minimum absolute atomic E-state index is 0.154. The van der Waals surface area contributed by atoms with E-state index in [0.717, 1.165) is 21.9 Å². The highest BCUT2D eigenvalue weighted by molar-refractivity contribution is 7.98. The molecule has 2 aromatic carbocycles. The van der Waals surface area contributed by atoms with Crippen LogP contribution in [0.25, 0.3) is 0 Å². The standard InChI is InChI=1S/C18H16F3N5OS/c1-11-5-4-6-12(9-11)10-28-17-25-24-15(16(27)26(17)22)23-14-8-3-2-7-13(14)18(19,20)21/h2-9H,10,22H2,1H3,(H,23,24). The van der Waals surface area contributed by atoms with Crippen molar-refractivity contribution in [2.24, 2.45) is 0 Å². The van der Waals surface area contributed by atoms with Gasteiger partial charge in [-0.1, -0.05) is 53.7 Å². The van der Waals surface area contributed by atoms with Gasteiger partial charge in [-0.2, -0.15) is 17.8 Å². The van der Waals surface area contributed by atoms with Crippen LogP contribution < -0.4 is 16.7 Å². The fraction of sp³-hybridized carbons (Fsp3) is 0.167. The van der Waals surface area contributed by atoms with Crippen molar-refractivity contribution in [3.05, 3.63) is 75.6 Å². The third-order valence-electron chi connectivity index (χ3n) is 3.80. The van der Waals surface area contributed by atoms with Crippen molar-refractivity contribution in [2.45, 2.75) is 24.0 Å². The molecule has 0 aliphatic carbocycles. The summed E-state index contributed by atoms with van der Waals surface area (Å²) in [4.78, 5) is 12.4. The molecule has 10 heteroatoms. The average molecular weight is 407 g/mol. The largest absolute Gasteiger partial charge is 0.418 e. The van der Waals surface area contributed by atoms with Crippen molar-refractivity contribution in [1.82, 2.24) is 14.9 Å². The lowest BCUT2D eigenvalue weighted by Gasteiger charge is -2.14. The lowest BCUT2D eigenvalue weighted by Crippen LogP contribution is -2.32. The predicted octanol–water partition coefficient (Wildman–Crippen LogP) is 3.72. The van der Waals surface area contributed by atoms with Gasteiger partial charge in [0.05, 0.1) is 11.3 Å². The van der Waals surface area contributed by atoms with Gasteiger partial charge in [0.1, 0.15) is 0 Å². The summed E-state index contributed by atoms with van der Waals surface area (Å²) in [5.74, 6) is 5.89. The Labute approximate surface area is 162 Å². The van der Waals surface area contributed by atoms with E-state index in [1.807, 2.05) is 31.2 Å². The highest BCUT2D eigenvalue weighted by Crippen LogP contribution is 2.35. The lowest BCUT2D eigenvalue weighted by molar-refractivity contribution is -0.136. The van der Waals surface area contributed by atoms with E-state index in [-0.39, 0.29) is 16.7 Å². The molecular formula is C18H16F3N5OS. The molecule has 3 rings (SSSR count). The van der Waals surface area contributed by atoms with Crippen LogP contribution in [0.15, 0.2) is 58.5 Å². The molecule has 0 atom stereocenters. The Morgan fingerprint density at radius 2 is 1.89 bits per heavy atom. The topological polar surface area (TPSA) is 85.8 Å². The van der Waals surface area contributed by atoms with E-state index in [1.165, 1.54) is 30.0 Å². The molecule has 28 heavy (non-hydrogen) atoms. The smallest absolute Gasteiger partial charge is 0.334 e. The number of nitrogens with two attached hydrogens (primary N) is 1. The molecule has 0 bridgehead atoms. The number of hydrogen-bond acceptors (Lipinski definition) is 6. The van der Waals surface area contributed by atoms with Gasteiger partial charge in [-0.3, -0.25) is 4.79 Å². The molecule has 1 aromatic heterocycles. The highest BCUT2D eigenvalue weighted by atomic mass is 32.2. The summed E-state index contributed by atoms with van der Waals surface area (Å²) >= 11 is 1.20. The minimum Gasteiger partial charge on any atom is -0.334 e. The molecule has 0 radical (unpaired) electrons. The fourth-order valence-corrected chi connectivity index (χ4v) is 3.27. The molecule has 6 nitrogen and oxygen atoms in total. The van der Waals surface area contributed by atoms with Gasteiger partial charge < -0.3 is 11.2 Å². The van der Waals surface area contributed by atoms with E-state index >= 15 is 0 Å². The van der Waals surface area contributed by atoms with E-state index in [1.54, 1.807) is 0 Å². The van der Waals surface area contributed by atoms with Crippen LogP contribution in [0.1, 0.15) is 16.7 Å². The second kappa shape index (κ2) is 7.93. The molecule has 0 unspecified atom stereocenters. The molecule has 0 saturated heterocycles. The Hall–Kier alpha value is -3.01. The van der Waals surface area contributed by atoms with Gasteiger partial charge in [-0.15, -0.1) is 10.2 Å². The van der Waals surface area contributed by atoms with Gasteiger partial charge in [-0.05, 0) is 24.6 Å². The van der Waals surface area contributed by atoms with Crippen molar-refractivity contribution in [3.63, 3.8) is 0 Å². The van der Waals surface area contributed by atoms with Crippen LogP contribution in [-0.2, 0) is 11.9 Å². The Bertz CT molecular complexity index is 1050. The first-order valence-electron chi connectivity index (χ1n) is 8.12. The number of rotatable bonds is 5. The first-order valence-corrected chi connectivity index (χ1v) is 9.10. The van der Waals surface area contributed by atoms with Crippen molar-refractivity contribution in [2.75, 3.05) is 11.2 Å². The SMILES string of the molecule is Cc1cccc(CSc2nnc(Nc3ccccc3C(F)(F)F)c(=O)n2N)c1. The minimum atomic E-state index is -4.58. The summed E-state index contributed by atoms with van der Waals surface area (Å²) in [7, 11) is 0. The van der Waals surface area contributed by atoms with Crippen LogP contribution in [0.4, 0.5) is 24.7 Å². The van der Waals surface area contributed by atoms with E-state index < -0.39 is 17.3 Å². The van der Waals surface area contributed by atoms with Crippen LogP contribution in [0.5, 0.6) is 0 Å². The number of anilines is 2. The van der Waals surface area contributed by atoms with E-state index in [0.29, 0.717) is 5.75 Å². The second-order valence-corrected chi connectivity index (χ2v) is 6.89. The summed E-state index contributed by atoms with van der Waals surface area (Å²) in [6.07, 6.45) is -4.58. The third-order valence-corrected chi connectivity index (χ3v) is 4.81. The summed E-state index contributed by atoms with van der Waals surface area (Å²) < 4.78 is 40.1. The number of halogens is 3. The Morgan fingerprint density at radius 3 is 2.61 bits per heavy atom. The highest BCUT2D eigenvalue weighted by Gasteiger charge is 2.33. The molecule has 0 fully saturated rings. The number of nitrogens with one attached hydrogen (secondary N) is 1. The first-order chi connectivity index (χ1) is 13.3. The Kier molecular flexibility index (Phi) is 5.59. The molecule has 146 valence electrons. The van der Waals surface area contributed by atoms with Gasteiger partial charge in [0.2, 0.25) is 11.0 Å². The van der Waals surface area contributed by atoms with Gasteiger partial charge in [0.15, 0.2) is 0 Å². The zero-order valence-electron chi connectivity index (χ0n) is 14.7. The van der Waals surface area contributed by atoms with Gasteiger partial charge in [0, 0.05) is 5.75 Å². The molecular weight excluding hydrogens is 391 g/mol. The number of thioether (sulfide) groups is 1. The number of nitrogens with zero attached hydrogens (tertiary/aromatic N) is 3. The fourth-order valence-electron chi connectivity index (χ4n) is 2.48. The van der Waals surface area contributed by atoms with E-state index in [4.69, 9.17) is 5.84 Å². The maximum atomic E-state index is 13.1. The molecule has 3 aromatic rings. The van der Waals surface area contributed by atoms with Crippen molar-refractivity contribution >= 4 is 23.3 Å². The lowest BCUT2D eigenvalue weighted by atomic mass is 10.1. The van der Waals surface area contributed by atoms with E-state index in [2.05, 4.69) is 15.5 Å². The molecule has 0 spiro atoms. The maximum absolute atomic E-state index is 13.1. The average Bonchev–Trinajstić information content (AvgIpc) is 2.64. The quantitative estimate of drug-likeness (QED) is 0.495. The Morgan fingerprint density at radius 1 is 1.14 bits per heavy atom. The van der Waals surface area contributed by atoms with E-state index in [9.17, 15) is 18.0 Å². The van der Waals surface area contributed by atoms with Gasteiger partial charge >= 0.3 is 11.7 Å². The van der Waals surface area contributed by atoms with Crippen LogP contribution in [0, 0.1) is 6.92 Å². The number of aromatic nitrogens is 3. The number of benzene rings is 2. The summed E-state index contributed by atoms with van der Waals surface area (Å²) in [5.41, 5.74) is 0.107. The number of hydrogen-bond donors (Lipinski definition) is 2. The number of aryl methyl sites for hydroxylation is 1. The monoisotopic (exact) mass is 407 g/mol. The number of para-hydroxylation sites is 1.